The summed E-state index contributed by atoms with van der Waals surface area (Å²) in [4.78, 5) is 25.2. The molecule has 0 aliphatic carbocycles. The van der Waals surface area contributed by atoms with Crippen LogP contribution in [0, 0.1) is 0 Å². The predicted octanol–water partition coefficient (Wildman–Crippen LogP) is 4.10. The van der Waals surface area contributed by atoms with Crippen LogP contribution in [0.2, 0.25) is 0 Å². The number of nitrogens with one attached hydrogen (secondary N) is 1. The Labute approximate surface area is 263 Å². The zero-order valence-corrected chi connectivity index (χ0v) is 25.9. The van der Waals surface area contributed by atoms with Crippen molar-refractivity contribution in [1.82, 2.24) is 24.6 Å². The molecule has 1 unspecified atom stereocenters. The van der Waals surface area contributed by atoms with Crippen molar-refractivity contribution in [3.8, 4) is 11.8 Å². The average molecular weight is 649 g/mol. The van der Waals surface area contributed by atoms with Crippen molar-refractivity contribution in [3.63, 3.8) is 0 Å². The zero-order chi connectivity index (χ0) is 32.5. The SMILES string of the molecule is COc1nc(N)c2ncn([C@@H]3O[C@H](COP(=O)(N[C@@](C)(Cc4ccccc4)C(=O)O)Oc4cccc5ccccc45)C[C@H]3O)c2n1. The summed E-state index contributed by atoms with van der Waals surface area (Å²) < 4.78 is 39.3. The number of carboxylic acid groups (broad SMARTS) is 1. The third-order valence-electron chi connectivity index (χ3n) is 7.70. The van der Waals surface area contributed by atoms with Gasteiger partial charge in [0.15, 0.2) is 23.2 Å². The van der Waals surface area contributed by atoms with Gasteiger partial charge in [-0.2, -0.15) is 15.1 Å². The van der Waals surface area contributed by atoms with E-state index in [2.05, 4.69) is 20.0 Å². The molecule has 14 nitrogen and oxygen atoms in total. The molecule has 0 amide bonds. The number of anilines is 1. The van der Waals surface area contributed by atoms with E-state index in [0.29, 0.717) is 22.1 Å². The average Bonchev–Trinajstić information content (AvgIpc) is 3.63. The van der Waals surface area contributed by atoms with Gasteiger partial charge in [0, 0.05) is 18.2 Å². The summed E-state index contributed by atoms with van der Waals surface area (Å²) in [7, 11) is -3.03. The van der Waals surface area contributed by atoms with Crippen LogP contribution in [0.15, 0.2) is 79.1 Å². The summed E-state index contributed by atoms with van der Waals surface area (Å²) in [6, 6.07) is 21.6. The van der Waals surface area contributed by atoms with Crippen LogP contribution in [0.25, 0.3) is 21.9 Å². The third-order valence-corrected chi connectivity index (χ3v) is 9.40. The van der Waals surface area contributed by atoms with Gasteiger partial charge in [-0.3, -0.25) is 13.9 Å². The molecule has 1 saturated heterocycles. The van der Waals surface area contributed by atoms with Crippen molar-refractivity contribution in [2.75, 3.05) is 19.5 Å². The molecule has 6 rings (SSSR count). The number of rotatable bonds is 12. The molecule has 5 atom stereocenters. The van der Waals surface area contributed by atoms with Gasteiger partial charge in [-0.25, -0.2) is 9.55 Å². The number of benzene rings is 3. The van der Waals surface area contributed by atoms with Crippen LogP contribution in [0.3, 0.4) is 0 Å². The third kappa shape index (κ3) is 6.39. The van der Waals surface area contributed by atoms with Gasteiger partial charge < -0.3 is 29.9 Å². The Bertz CT molecular complexity index is 1920. The van der Waals surface area contributed by atoms with Crippen molar-refractivity contribution >= 4 is 41.5 Å². The molecular formula is C31H33N6O8P. The number of nitrogens with zero attached hydrogens (tertiary/aromatic N) is 4. The number of hydrogen-bond donors (Lipinski definition) is 4. The second-order valence-corrected chi connectivity index (χ2v) is 12.8. The van der Waals surface area contributed by atoms with E-state index in [4.69, 9.17) is 24.3 Å². The number of aliphatic carboxylic acids is 1. The van der Waals surface area contributed by atoms with Crippen LogP contribution in [0.5, 0.6) is 11.8 Å². The van der Waals surface area contributed by atoms with E-state index in [9.17, 15) is 19.6 Å². The molecule has 1 fully saturated rings. The fourth-order valence-electron chi connectivity index (χ4n) is 5.42. The highest BCUT2D eigenvalue weighted by atomic mass is 31.2. The molecule has 46 heavy (non-hydrogen) atoms. The predicted molar refractivity (Wildman–Crippen MR) is 168 cm³/mol. The largest absolute Gasteiger partial charge is 0.480 e. The smallest absolute Gasteiger partial charge is 0.459 e. The Morgan fingerprint density at radius 3 is 2.63 bits per heavy atom. The maximum absolute atomic E-state index is 14.6. The molecular weight excluding hydrogens is 615 g/mol. The molecule has 2 aromatic heterocycles. The van der Waals surface area contributed by atoms with Crippen molar-refractivity contribution < 1.29 is 38.1 Å². The van der Waals surface area contributed by atoms with Crippen LogP contribution < -0.4 is 20.1 Å². The van der Waals surface area contributed by atoms with Crippen LogP contribution in [-0.4, -0.2) is 67.2 Å². The van der Waals surface area contributed by atoms with Gasteiger partial charge in [0.2, 0.25) is 0 Å². The molecule has 0 radical (unpaired) electrons. The van der Waals surface area contributed by atoms with Crippen LogP contribution in [-0.2, 0) is 25.0 Å². The number of aromatic nitrogens is 4. The number of ether oxygens (including phenoxy) is 2. The molecule has 240 valence electrons. The molecule has 5 N–H and O–H groups in total. The zero-order valence-electron chi connectivity index (χ0n) is 25.0. The topological polar surface area (TPSA) is 193 Å². The van der Waals surface area contributed by atoms with Gasteiger partial charge in [0.05, 0.1) is 26.1 Å². The molecule has 3 heterocycles. The van der Waals surface area contributed by atoms with Crippen molar-refractivity contribution in [2.45, 2.75) is 43.7 Å². The minimum atomic E-state index is -4.43. The number of nitrogen functional groups attached to an aromatic ring is 1. The summed E-state index contributed by atoms with van der Waals surface area (Å²) in [6.07, 6.45) is -1.23. The quantitative estimate of drug-likeness (QED) is 0.141. The molecule has 0 bridgehead atoms. The lowest BCUT2D eigenvalue weighted by molar-refractivity contribution is -0.143. The van der Waals surface area contributed by atoms with E-state index in [0.717, 1.165) is 5.39 Å². The molecule has 1 aliphatic rings. The van der Waals surface area contributed by atoms with E-state index < -0.39 is 37.7 Å². The number of nitrogens with two attached hydrogens (primary N) is 1. The number of methoxy groups -OCH3 is 1. The summed E-state index contributed by atoms with van der Waals surface area (Å²) in [6.45, 7) is 1.11. The fourth-order valence-corrected chi connectivity index (χ4v) is 7.14. The Morgan fingerprint density at radius 2 is 1.87 bits per heavy atom. The summed E-state index contributed by atoms with van der Waals surface area (Å²) in [5, 5.41) is 25.5. The minimum absolute atomic E-state index is 0.0156. The number of aliphatic hydroxyl groups is 1. The molecule has 0 saturated carbocycles. The number of hydrogen-bond acceptors (Lipinski definition) is 11. The van der Waals surface area contributed by atoms with Gasteiger partial charge in [-0.15, -0.1) is 0 Å². The molecule has 5 aromatic rings. The van der Waals surface area contributed by atoms with Gasteiger partial charge in [-0.05, 0) is 23.9 Å². The second kappa shape index (κ2) is 12.7. The van der Waals surface area contributed by atoms with Crippen LogP contribution in [0.4, 0.5) is 5.82 Å². The second-order valence-electron chi connectivity index (χ2n) is 11.1. The highest BCUT2D eigenvalue weighted by Crippen LogP contribution is 2.49. The van der Waals surface area contributed by atoms with Crippen molar-refractivity contribution in [1.29, 1.82) is 0 Å². The summed E-state index contributed by atoms with van der Waals surface area (Å²) in [5.41, 5.74) is 5.54. The first-order valence-electron chi connectivity index (χ1n) is 14.4. The summed E-state index contributed by atoms with van der Waals surface area (Å²) in [5.74, 6) is -0.914. The lowest BCUT2D eigenvalue weighted by Crippen LogP contribution is -2.50. The van der Waals surface area contributed by atoms with E-state index in [1.54, 1.807) is 42.5 Å². The summed E-state index contributed by atoms with van der Waals surface area (Å²) >= 11 is 0. The highest BCUT2D eigenvalue weighted by Gasteiger charge is 2.45. The van der Waals surface area contributed by atoms with Crippen molar-refractivity contribution in [2.24, 2.45) is 0 Å². The maximum atomic E-state index is 14.6. The number of imidazole rings is 1. The molecule has 0 spiro atoms. The molecule has 3 aromatic carbocycles. The van der Waals surface area contributed by atoms with Crippen molar-refractivity contribution in [3.05, 3.63) is 84.7 Å². The Hall–Kier alpha value is -4.59. The maximum Gasteiger partial charge on any atom is 0.459 e. The first-order chi connectivity index (χ1) is 22.1. The van der Waals surface area contributed by atoms with Gasteiger partial charge in [0.1, 0.15) is 17.4 Å². The van der Waals surface area contributed by atoms with Crippen LogP contribution >= 0.6 is 7.75 Å². The fraction of sp³-hybridized carbons (Fsp3) is 0.290. The molecule has 1 aliphatic heterocycles. The Balaban J connectivity index is 1.27. The number of carboxylic acids is 1. The lowest BCUT2D eigenvalue weighted by atomic mass is 9.94. The van der Waals surface area contributed by atoms with Gasteiger partial charge in [-0.1, -0.05) is 66.7 Å². The van der Waals surface area contributed by atoms with E-state index in [1.807, 2.05) is 30.3 Å². The number of carbonyl (C=O) groups is 1. The standard InChI is InChI=1S/C31H33N6O8P/c1-31(29(39)40,16-19-9-4-3-5-10-19)36-46(41,45-24-14-8-12-20-11-6-7-13-22(20)24)43-17-21-15-23(38)28(44-21)37-18-33-25-26(32)34-30(42-2)35-27(25)37/h3-14,18,21,23,28,38H,15-17H2,1-2H3,(H,36,41)(H,39,40)(H2,32,34,35)/t21-,23+,28+,31-,46?/m0/s1. The molecule has 15 heteroatoms. The van der Waals surface area contributed by atoms with E-state index in [-0.39, 0.29) is 37.0 Å². The normalized spacial score (nSPS) is 20.7. The first-order valence-corrected chi connectivity index (χ1v) is 16.0. The van der Waals surface area contributed by atoms with E-state index >= 15 is 0 Å². The first kappa shape index (κ1) is 31.4. The minimum Gasteiger partial charge on any atom is -0.480 e. The monoisotopic (exact) mass is 648 g/mol. The number of fused-ring (bicyclic) bond motifs is 2. The Kier molecular flexibility index (Phi) is 8.64. The lowest BCUT2D eigenvalue weighted by Gasteiger charge is -2.31. The number of aliphatic hydroxyl groups excluding tert-OH is 1. The Morgan fingerprint density at radius 1 is 1.13 bits per heavy atom. The van der Waals surface area contributed by atoms with Gasteiger partial charge >= 0.3 is 19.7 Å². The van der Waals surface area contributed by atoms with Gasteiger partial charge in [0.25, 0.3) is 0 Å². The van der Waals surface area contributed by atoms with Crippen LogP contribution in [0.1, 0.15) is 25.1 Å². The highest BCUT2D eigenvalue weighted by molar-refractivity contribution is 7.52. The van der Waals surface area contributed by atoms with E-state index in [1.165, 1.54) is 24.9 Å².